The molecule has 120 valence electrons. The average molecular weight is 317 g/mol. The average Bonchev–Trinajstić information content (AvgIpc) is 3.23. The summed E-state index contributed by atoms with van der Waals surface area (Å²) in [7, 11) is 2.11. The Morgan fingerprint density at radius 2 is 1.96 bits per heavy atom. The summed E-state index contributed by atoms with van der Waals surface area (Å²) >= 11 is 0. The van der Waals surface area contributed by atoms with Gasteiger partial charge in [0.2, 0.25) is 0 Å². The zero-order valence-corrected chi connectivity index (χ0v) is 14.1. The molecule has 5 rings (SSSR count). The van der Waals surface area contributed by atoms with Gasteiger partial charge in [0.1, 0.15) is 12.0 Å². The van der Waals surface area contributed by atoms with Crippen LogP contribution in [0, 0.1) is 6.92 Å². The van der Waals surface area contributed by atoms with E-state index in [1.54, 1.807) is 0 Å². The van der Waals surface area contributed by atoms with Gasteiger partial charge in [-0.2, -0.15) is 0 Å². The lowest BCUT2D eigenvalue weighted by atomic mass is 10.0. The quantitative estimate of drug-likeness (QED) is 0.539. The number of fused-ring (bicyclic) bond motifs is 4. The van der Waals surface area contributed by atoms with Crippen LogP contribution in [0.25, 0.3) is 5.69 Å². The molecule has 2 aliphatic rings. The van der Waals surface area contributed by atoms with Crippen LogP contribution in [0.2, 0.25) is 0 Å². The Labute approximate surface area is 141 Å². The molecular formula is C19H19N5. The second kappa shape index (κ2) is 4.60. The molecule has 0 fully saturated rings. The maximum absolute atomic E-state index is 4.59. The number of aromatic nitrogens is 3. The van der Waals surface area contributed by atoms with Gasteiger partial charge >= 0.3 is 0 Å². The largest absolute Gasteiger partial charge is 0.337 e. The van der Waals surface area contributed by atoms with E-state index in [2.05, 4.69) is 69.6 Å². The molecule has 2 aliphatic heterocycles. The first-order chi connectivity index (χ1) is 11.7. The van der Waals surface area contributed by atoms with Crippen molar-refractivity contribution in [3.63, 3.8) is 0 Å². The summed E-state index contributed by atoms with van der Waals surface area (Å²) in [5.41, 5.74) is 6.36. The Hall–Kier alpha value is -2.82. The number of hydrogen-bond donors (Lipinski definition) is 0. The lowest BCUT2D eigenvalue weighted by molar-refractivity contribution is 0.726. The van der Waals surface area contributed by atoms with Crippen LogP contribution in [0.5, 0.6) is 0 Å². The molecule has 0 spiro atoms. The number of rotatable bonds is 1. The smallest absolute Gasteiger partial charge is 0.153 e. The van der Waals surface area contributed by atoms with Crippen molar-refractivity contribution in [2.75, 3.05) is 16.8 Å². The molecule has 0 N–H and O–H groups in total. The molecule has 0 unspecified atom stereocenters. The fourth-order valence-electron chi connectivity index (χ4n) is 4.03. The highest BCUT2D eigenvalue weighted by atomic mass is 15.4. The number of imidazole rings is 1. The molecule has 1 atom stereocenters. The van der Waals surface area contributed by atoms with E-state index in [1.165, 1.54) is 28.2 Å². The molecule has 4 heterocycles. The van der Waals surface area contributed by atoms with Gasteiger partial charge in [-0.15, -0.1) is 0 Å². The van der Waals surface area contributed by atoms with Crippen LogP contribution < -0.4 is 9.80 Å². The Balaban J connectivity index is 1.75. The number of anilines is 3. The molecule has 3 aromatic rings. The van der Waals surface area contributed by atoms with E-state index in [0.29, 0.717) is 0 Å². The van der Waals surface area contributed by atoms with Crippen molar-refractivity contribution in [3.8, 4) is 5.69 Å². The zero-order chi connectivity index (χ0) is 16.4. The fourth-order valence-corrected chi connectivity index (χ4v) is 4.03. The summed E-state index contributed by atoms with van der Waals surface area (Å²) in [6, 6.07) is 8.60. The predicted octanol–water partition coefficient (Wildman–Crippen LogP) is 3.41. The van der Waals surface area contributed by atoms with Crippen molar-refractivity contribution < 1.29 is 0 Å². The highest BCUT2D eigenvalue weighted by Gasteiger charge is 2.36. The van der Waals surface area contributed by atoms with Crippen LogP contribution in [-0.2, 0) is 6.42 Å². The SMILES string of the molecule is Cc1ccc2c(c1N1c3cccnc3N(C)[C@@H]1C)Cc1nccn1-2. The summed E-state index contributed by atoms with van der Waals surface area (Å²) in [5.74, 6) is 2.15. The normalized spacial score (nSPS) is 17.9. The van der Waals surface area contributed by atoms with E-state index >= 15 is 0 Å². The topological polar surface area (TPSA) is 37.2 Å². The molecule has 0 amide bonds. The highest BCUT2D eigenvalue weighted by Crippen LogP contribution is 2.46. The highest BCUT2D eigenvalue weighted by molar-refractivity contribution is 5.85. The lowest BCUT2D eigenvalue weighted by Crippen LogP contribution is -2.36. The fraction of sp³-hybridized carbons (Fsp3) is 0.263. The second-order valence-electron chi connectivity index (χ2n) is 6.58. The molecule has 0 bridgehead atoms. The number of hydrogen-bond acceptors (Lipinski definition) is 4. The van der Waals surface area contributed by atoms with E-state index in [9.17, 15) is 0 Å². The van der Waals surface area contributed by atoms with Gasteiger partial charge in [-0.05, 0) is 37.6 Å². The molecule has 0 radical (unpaired) electrons. The van der Waals surface area contributed by atoms with Crippen molar-refractivity contribution in [2.45, 2.75) is 26.4 Å². The van der Waals surface area contributed by atoms with Gasteiger partial charge in [-0.1, -0.05) is 6.07 Å². The standard InChI is InChI=1S/C19H19N5/c1-12-6-7-15-14(11-17-20-9-10-23(15)17)18(12)24-13(2)22(3)19-16(24)5-4-8-21-19/h4-10,13H,11H2,1-3H3/t13-/m0/s1. The molecule has 0 saturated heterocycles. The summed E-state index contributed by atoms with van der Waals surface area (Å²) in [5, 5.41) is 0. The molecule has 0 saturated carbocycles. The number of aryl methyl sites for hydroxylation is 1. The van der Waals surface area contributed by atoms with Gasteiger partial charge in [-0.25, -0.2) is 9.97 Å². The van der Waals surface area contributed by atoms with Crippen LogP contribution in [-0.4, -0.2) is 27.7 Å². The van der Waals surface area contributed by atoms with Crippen LogP contribution in [0.3, 0.4) is 0 Å². The van der Waals surface area contributed by atoms with E-state index in [0.717, 1.165) is 18.1 Å². The Morgan fingerprint density at radius 1 is 1.08 bits per heavy atom. The zero-order valence-electron chi connectivity index (χ0n) is 14.1. The number of nitrogens with zero attached hydrogens (tertiary/aromatic N) is 5. The van der Waals surface area contributed by atoms with E-state index in [-0.39, 0.29) is 6.17 Å². The first-order valence-corrected chi connectivity index (χ1v) is 8.29. The number of benzene rings is 1. The van der Waals surface area contributed by atoms with Crippen LogP contribution >= 0.6 is 0 Å². The third-order valence-corrected chi connectivity index (χ3v) is 5.31. The first kappa shape index (κ1) is 13.6. The maximum Gasteiger partial charge on any atom is 0.153 e. The molecule has 0 aliphatic carbocycles. The van der Waals surface area contributed by atoms with Crippen LogP contribution in [0.1, 0.15) is 23.9 Å². The number of pyridine rings is 1. The molecular weight excluding hydrogens is 298 g/mol. The third kappa shape index (κ3) is 1.59. The van der Waals surface area contributed by atoms with Crippen molar-refractivity contribution in [2.24, 2.45) is 0 Å². The van der Waals surface area contributed by atoms with Crippen molar-refractivity contribution >= 4 is 17.2 Å². The van der Waals surface area contributed by atoms with Crippen molar-refractivity contribution in [1.29, 1.82) is 0 Å². The van der Waals surface area contributed by atoms with Crippen LogP contribution in [0.15, 0.2) is 42.9 Å². The van der Waals surface area contributed by atoms with Gasteiger partial charge in [0.05, 0.1) is 17.1 Å². The second-order valence-corrected chi connectivity index (χ2v) is 6.58. The summed E-state index contributed by atoms with van der Waals surface area (Å²) in [6.45, 7) is 4.42. The minimum Gasteiger partial charge on any atom is -0.337 e. The molecule has 5 heteroatoms. The van der Waals surface area contributed by atoms with Gasteiger partial charge in [0.15, 0.2) is 5.82 Å². The lowest BCUT2D eigenvalue weighted by Gasteiger charge is -2.30. The molecule has 24 heavy (non-hydrogen) atoms. The molecule has 1 aromatic carbocycles. The third-order valence-electron chi connectivity index (χ3n) is 5.31. The maximum atomic E-state index is 4.59. The Morgan fingerprint density at radius 3 is 2.83 bits per heavy atom. The van der Waals surface area contributed by atoms with Gasteiger partial charge in [-0.3, -0.25) is 0 Å². The minimum atomic E-state index is 0.230. The molecule has 2 aromatic heterocycles. The first-order valence-electron chi connectivity index (χ1n) is 8.29. The molecule has 5 nitrogen and oxygen atoms in total. The van der Waals surface area contributed by atoms with E-state index < -0.39 is 0 Å². The minimum absolute atomic E-state index is 0.230. The van der Waals surface area contributed by atoms with Gasteiger partial charge in [0, 0.05) is 37.6 Å². The summed E-state index contributed by atoms with van der Waals surface area (Å²) in [4.78, 5) is 13.8. The van der Waals surface area contributed by atoms with Crippen LogP contribution in [0.4, 0.5) is 17.2 Å². The van der Waals surface area contributed by atoms with Crippen molar-refractivity contribution in [3.05, 3.63) is 59.8 Å². The monoisotopic (exact) mass is 317 g/mol. The Kier molecular flexibility index (Phi) is 2.61. The summed E-state index contributed by atoms with van der Waals surface area (Å²) < 4.78 is 2.20. The van der Waals surface area contributed by atoms with E-state index in [1.807, 2.05) is 18.5 Å². The summed E-state index contributed by atoms with van der Waals surface area (Å²) in [6.07, 6.45) is 6.90. The van der Waals surface area contributed by atoms with Gasteiger partial charge in [0.25, 0.3) is 0 Å². The Bertz CT molecular complexity index is 958. The van der Waals surface area contributed by atoms with Gasteiger partial charge < -0.3 is 14.4 Å². The van der Waals surface area contributed by atoms with E-state index in [4.69, 9.17) is 0 Å². The van der Waals surface area contributed by atoms with Crippen molar-refractivity contribution in [1.82, 2.24) is 14.5 Å². The predicted molar refractivity (Wildman–Crippen MR) is 95.3 cm³/mol.